The first kappa shape index (κ1) is 27.2. The van der Waals surface area contributed by atoms with Gasteiger partial charge < -0.3 is 4.11 Å². The maximum atomic E-state index is 15.5. The number of unbranched alkanes of at least 4 members (excludes halogenated alkanes) is 8. The van der Waals surface area contributed by atoms with Gasteiger partial charge in [-0.05, 0) is 43.4 Å². The van der Waals surface area contributed by atoms with Gasteiger partial charge in [0.05, 0.1) is 12.8 Å². The number of hydrogen-bond donors (Lipinski definition) is 0. The average molecular weight is 425 g/mol. The molecule has 0 aliphatic carbocycles. The summed E-state index contributed by atoms with van der Waals surface area (Å²) in [6.07, 6.45) is 12.6. The van der Waals surface area contributed by atoms with Crippen LogP contribution in [0, 0.1) is 0 Å². The van der Waals surface area contributed by atoms with Crippen LogP contribution in [0.5, 0.6) is 0 Å². The molecule has 1 atom stereocenters. The lowest BCUT2D eigenvalue weighted by Crippen LogP contribution is -2.28. The zero-order valence-electron chi connectivity index (χ0n) is 18.4. The van der Waals surface area contributed by atoms with Gasteiger partial charge in [0.25, 0.3) is 0 Å². The highest BCUT2D eigenvalue weighted by molar-refractivity contribution is 6.73. The molecule has 0 amide bonds. The van der Waals surface area contributed by atoms with Crippen molar-refractivity contribution in [2.75, 3.05) is 6.67 Å². The lowest BCUT2D eigenvalue weighted by molar-refractivity contribution is 0.323. The second-order valence-electron chi connectivity index (χ2n) is 8.51. The van der Waals surface area contributed by atoms with Crippen molar-refractivity contribution in [3.8, 4) is 0 Å². The van der Waals surface area contributed by atoms with Gasteiger partial charge in [0.1, 0.15) is 0 Å². The smallest absolute Gasteiger partial charge is 0.247 e. The van der Waals surface area contributed by atoms with E-state index in [0.29, 0.717) is 19.3 Å². The highest BCUT2D eigenvalue weighted by Gasteiger charge is 2.32. The summed E-state index contributed by atoms with van der Waals surface area (Å²) < 4.78 is 41.2. The van der Waals surface area contributed by atoms with E-state index >= 15 is 4.11 Å². The molecule has 5 heteroatoms. The van der Waals surface area contributed by atoms with Gasteiger partial charge in [0.15, 0.2) is 0 Å². The zero-order valence-corrected chi connectivity index (χ0v) is 20.8. The Bertz CT molecular complexity index is 291. The molecule has 0 saturated heterocycles. The Hall–Kier alpha value is 0.224. The Labute approximate surface area is 171 Å². The Kier molecular flexibility index (Phi) is 19.7. The maximum Gasteiger partial charge on any atom is 0.247 e. The van der Waals surface area contributed by atoms with Crippen molar-refractivity contribution in [1.29, 1.82) is 0 Å². The van der Waals surface area contributed by atoms with E-state index < -0.39 is 14.6 Å². The molecule has 0 rings (SSSR count). The standard InChI is InChI=1S/C22H47F3Si2/c1-3-5-7-12-18-27(25,19-13-8-6-4-2)20-14-11-17-26-21-22(24)15-9-10-16-23/h22H,3-21,26H2,1-2H3. The van der Waals surface area contributed by atoms with Gasteiger partial charge in [-0.25, -0.2) is 4.39 Å². The molecule has 164 valence electrons. The van der Waals surface area contributed by atoms with Gasteiger partial charge in [-0.3, -0.25) is 4.39 Å². The van der Waals surface area contributed by atoms with Gasteiger partial charge in [-0.15, -0.1) is 0 Å². The first-order chi connectivity index (χ1) is 13.1. The molecule has 0 N–H and O–H groups in total. The average Bonchev–Trinajstić information content (AvgIpc) is 2.66. The fourth-order valence-electron chi connectivity index (χ4n) is 3.88. The number of rotatable bonds is 21. The fraction of sp³-hybridized carbons (Fsp3) is 1.00. The van der Waals surface area contributed by atoms with Gasteiger partial charge >= 0.3 is 0 Å². The normalized spacial score (nSPS) is 13.7. The third-order valence-electron chi connectivity index (χ3n) is 5.75. The van der Waals surface area contributed by atoms with E-state index in [0.717, 1.165) is 55.9 Å². The van der Waals surface area contributed by atoms with Crippen molar-refractivity contribution in [1.82, 2.24) is 0 Å². The molecule has 0 saturated carbocycles. The van der Waals surface area contributed by atoms with Gasteiger partial charge in [-0.1, -0.05) is 84.1 Å². The van der Waals surface area contributed by atoms with Crippen LogP contribution in [-0.4, -0.2) is 30.8 Å². The van der Waals surface area contributed by atoms with Crippen molar-refractivity contribution in [2.24, 2.45) is 0 Å². The molecule has 0 bridgehead atoms. The molecule has 0 aliphatic heterocycles. The summed E-state index contributed by atoms with van der Waals surface area (Å²) in [6, 6.07) is 4.47. The van der Waals surface area contributed by atoms with Crippen LogP contribution in [0.15, 0.2) is 0 Å². The summed E-state index contributed by atoms with van der Waals surface area (Å²) in [5.74, 6) is 0. The van der Waals surface area contributed by atoms with Crippen LogP contribution < -0.4 is 0 Å². The summed E-state index contributed by atoms with van der Waals surface area (Å²) in [6.45, 7) is 4.09. The Morgan fingerprint density at radius 3 is 1.81 bits per heavy atom. The van der Waals surface area contributed by atoms with Crippen molar-refractivity contribution in [2.45, 2.75) is 134 Å². The molecule has 0 spiro atoms. The molecule has 0 heterocycles. The second kappa shape index (κ2) is 19.5. The third-order valence-corrected chi connectivity index (χ3v) is 11.5. The lowest BCUT2D eigenvalue weighted by atomic mass is 10.2. The SMILES string of the molecule is CCCCCC[Si](F)(CCCCCC)CCCC[SiH2]CC(F)CCCCF. The molecule has 0 fully saturated rings. The molecular formula is C22H47F3Si2. The molecular weight excluding hydrogens is 377 g/mol. The largest absolute Gasteiger partial charge is 0.314 e. The molecule has 1 unspecified atom stereocenters. The van der Waals surface area contributed by atoms with Crippen molar-refractivity contribution in [3.63, 3.8) is 0 Å². The molecule has 0 radical (unpaired) electrons. The molecule has 0 nitrogen and oxygen atoms in total. The van der Waals surface area contributed by atoms with E-state index in [2.05, 4.69) is 13.8 Å². The van der Waals surface area contributed by atoms with E-state index in [1.54, 1.807) is 0 Å². The Morgan fingerprint density at radius 2 is 1.30 bits per heavy atom. The molecule has 27 heavy (non-hydrogen) atoms. The topological polar surface area (TPSA) is 0 Å². The van der Waals surface area contributed by atoms with Crippen LogP contribution in [0.25, 0.3) is 0 Å². The summed E-state index contributed by atoms with van der Waals surface area (Å²) in [7, 11) is -2.90. The van der Waals surface area contributed by atoms with Gasteiger partial charge in [0, 0.05) is 9.52 Å². The highest BCUT2D eigenvalue weighted by atomic mass is 28.4. The van der Waals surface area contributed by atoms with E-state index in [4.69, 9.17) is 0 Å². The monoisotopic (exact) mass is 424 g/mol. The highest BCUT2D eigenvalue weighted by Crippen LogP contribution is 2.30. The van der Waals surface area contributed by atoms with Crippen LogP contribution in [0.4, 0.5) is 12.9 Å². The zero-order chi connectivity index (χ0) is 20.2. The van der Waals surface area contributed by atoms with Gasteiger partial charge in [0.2, 0.25) is 8.41 Å². The molecule has 0 aromatic carbocycles. The first-order valence-electron chi connectivity index (χ1n) is 12.0. The van der Waals surface area contributed by atoms with Gasteiger partial charge in [-0.2, -0.15) is 0 Å². The summed E-state index contributed by atoms with van der Waals surface area (Å²) in [4.78, 5) is 0. The van der Waals surface area contributed by atoms with E-state index in [9.17, 15) is 8.78 Å². The van der Waals surface area contributed by atoms with Crippen molar-refractivity contribution in [3.05, 3.63) is 0 Å². The predicted molar refractivity (Wildman–Crippen MR) is 122 cm³/mol. The van der Waals surface area contributed by atoms with Crippen LogP contribution in [0.3, 0.4) is 0 Å². The van der Waals surface area contributed by atoms with Crippen LogP contribution >= 0.6 is 0 Å². The molecule has 0 aliphatic rings. The Balaban J connectivity index is 3.94. The summed E-state index contributed by atoms with van der Waals surface area (Å²) in [5, 5.41) is 0. The van der Waals surface area contributed by atoms with Crippen molar-refractivity contribution >= 4 is 17.9 Å². The second-order valence-corrected chi connectivity index (χ2v) is 14.3. The van der Waals surface area contributed by atoms with E-state index in [1.165, 1.54) is 38.5 Å². The number of halogens is 3. The minimum atomic E-state index is -2.55. The predicted octanol–water partition coefficient (Wildman–Crippen LogP) is 8.33. The quantitative estimate of drug-likeness (QED) is 0.0986. The molecule has 0 aromatic rings. The molecule has 0 aromatic heterocycles. The summed E-state index contributed by atoms with van der Waals surface area (Å²) >= 11 is 0. The number of hydrogen-bond acceptors (Lipinski definition) is 0. The van der Waals surface area contributed by atoms with E-state index in [1.807, 2.05) is 0 Å². The van der Waals surface area contributed by atoms with Crippen LogP contribution in [0.1, 0.15) is 97.3 Å². The number of alkyl halides is 2. The minimum Gasteiger partial charge on any atom is -0.314 e. The van der Waals surface area contributed by atoms with Crippen LogP contribution in [0.2, 0.25) is 30.2 Å². The fourth-order valence-corrected chi connectivity index (χ4v) is 9.01. The first-order valence-corrected chi connectivity index (χ1v) is 16.5. The summed E-state index contributed by atoms with van der Waals surface area (Å²) in [5.41, 5.74) is 0. The van der Waals surface area contributed by atoms with Crippen molar-refractivity contribution < 1.29 is 12.9 Å². The Morgan fingerprint density at radius 1 is 0.741 bits per heavy atom. The third kappa shape index (κ3) is 18.0. The lowest BCUT2D eigenvalue weighted by Gasteiger charge is -2.22. The maximum absolute atomic E-state index is 15.5. The van der Waals surface area contributed by atoms with E-state index in [-0.39, 0.29) is 16.2 Å². The van der Waals surface area contributed by atoms with Crippen LogP contribution in [-0.2, 0) is 0 Å². The minimum absolute atomic E-state index is 0.324.